The number of nitrogens with zero attached hydrogens (tertiary/aromatic N) is 3. The Bertz CT molecular complexity index is 961. The van der Waals surface area contributed by atoms with Gasteiger partial charge >= 0.3 is 6.03 Å². The zero-order valence-corrected chi connectivity index (χ0v) is 18.6. The van der Waals surface area contributed by atoms with Crippen LogP contribution in [-0.2, 0) is 0 Å². The van der Waals surface area contributed by atoms with E-state index >= 15 is 0 Å². The molecule has 1 unspecified atom stereocenters. The Morgan fingerprint density at radius 2 is 1.61 bits per heavy atom. The van der Waals surface area contributed by atoms with Crippen molar-refractivity contribution in [1.82, 2.24) is 9.80 Å². The first-order valence-electron chi connectivity index (χ1n) is 10.3. The second kappa shape index (κ2) is 9.34. The quantitative estimate of drug-likeness (QED) is 0.729. The molecule has 0 radical (unpaired) electrons. The van der Waals surface area contributed by atoms with Gasteiger partial charge in [-0.1, -0.05) is 23.2 Å². The SMILES string of the molecule is NC(=O)Nc1cc(Cl)ccc1N1CCC(N2CCN(C(=O)c3ccc(Cl)cc3)CC2)C1. The highest BCUT2D eigenvalue weighted by Gasteiger charge is 2.32. The molecule has 164 valence electrons. The van der Waals surface area contributed by atoms with Gasteiger partial charge in [-0.05, 0) is 48.9 Å². The molecule has 2 fully saturated rings. The minimum Gasteiger partial charge on any atom is -0.368 e. The number of hydrogen-bond acceptors (Lipinski definition) is 4. The number of hydrogen-bond donors (Lipinski definition) is 2. The maximum absolute atomic E-state index is 12.7. The van der Waals surface area contributed by atoms with Crippen LogP contribution in [-0.4, -0.2) is 67.0 Å². The largest absolute Gasteiger partial charge is 0.368 e. The summed E-state index contributed by atoms with van der Waals surface area (Å²) in [5.74, 6) is 0.0488. The maximum Gasteiger partial charge on any atom is 0.316 e. The zero-order valence-electron chi connectivity index (χ0n) is 17.1. The van der Waals surface area contributed by atoms with Crippen LogP contribution in [0.3, 0.4) is 0 Å². The predicted molar refractivity (Wildman–Crippen MR) is 124 cm³/mol. The van der Waals surface area contributed by atoms with Crippen LogP contribution in [0.1, 0.15) is 16.8 Å². The van der Waals surface area contributed by atoms with E-state index in [1.165, 1.54) is 0 Å². The molecule has 0 spiro atoms. The third-order valence-corrected chi connectivity index (χ3v) is 6.42. The van der Waals surface area contributed by atoms with Gasteiger partial charge in [0.2, 0.25) is 0 Å². The lowest BCUT2D eigenvalue weighted by Crippen LogP contribution is -2.52. The Balaban J connectivity index is 1.35. The Morgan fingerprint density at radius 1 is 0.935 bits per heavy atom. The van der Waals surface area contributed by atoms with E-state index < -0.39 is 6.03 Å². The normalized spacial score (nSPS) is 19.5. The molecular formula is C22H25Cl2N5O2. The second-order valence-corrected chi connectivity index (χ2v) is 8.75. The van der Waals surface area contributed by atoms with E-state index in [2.05, 4.69) is 15.1 Å². The first-order chi connectivity index (χ1) is 14.9. The van der Waals surface area contributed by atoms with E-state index in [0.717, 1.165) is 38.3 Å². The molecule has 2 aliphatic rings. The first-order valence-corrected chi connectivity index (χ1v) is 11.1. The Morgan fingerprint density at radius 3 is 2.29 bits per heavy atom. The van der Waals surface area contributed by atoms with Gasteiger partial charge in [0.15, 0.2) is 0 Å². The summed E-state index contributed by atoms with van der Waals surface area (Å²) in [7, 11) is 0. The van der Waals surface area contributed by atoms with Crippen LogP contribution < -0.4 is 16.0 Å². The number of nitrogens with one attached hydrogen (secondary N) is 1. The topological polar surface area (TPSA) is 81.9 Å². The number of carbonyl (C=O) groups excluding carboxylic acids is 2. The van der Waals surface area contributed by atoms with E-state index in [0.29, 0.717) is 40.4 Å². The van der Waals surface area contributed by atoms with Gasteiger partial charge in [-0.25, -0.2) is 4.79 Å². The molecule has 0 aliphatic carbocycles. The van der Waals surface area contributed by atoms with Crippen molar-refractivity contribution in [3.05, 3.63) is 58.1 Å². The Hall–Kier alpha value is -2.48. The van der Waals surface area contributed by atoms with Crippen molar-refractivity contribution in [1.29, 1.82) is 0 Å². The monoisotopic (exact) mass is 461 g/mol. The fourth-order valence-corrected chi connectivity index (χ4v) is 4.64. The van der Waals surface area contributed by atoms with Crippen molar-refractivity contribution in [2.45, 2.75) is 12.5 Å². The molecule has 0 aromatic heterocycles. The standard InChI is InChI=1S/C22H25Cl2N5O2/c23-16-3-1-15(2-4-16)21(30)28-11-9-27(10-12-28)18-7-8-29(14-18)20-6-5-17(24)13-19(20)26-22(25)31/h1-6,13,18H,7-12,14H2,(H3,25,26,31). The number of anilines is 2. The highest BCUT2D eigenvalue weighted by atomic mass is 35.5. The minimum absolute atomic E-state index is 0.0488. The molecule has 7 nitrogen and oxygen atoms in total. The van der Waals surface area contributed by atoms with Crippen molar-refractivity contribution in [3.63, 3.8) is 0 Å². The summed E-state index contributed by atoms with van der Waals surface area (Å²) >= 11 is 12.0. The molecule has 2 aromatic rings. The molecule has 0 bridgehead atoms. The molecular weight excluding hydrogens is 437 g/mol. The molecule has 31 heavy (non-hydrogen) atoms. The smallest absolute Gasteiger partial charge is 0.316 e. The van der Waals surface area contributed by atoms with Crippen LogP contribution in [0.5, 0.6) is 0 Å². The molecule has 2 aliphatic heterocycles. The second-order valence-electron chi connectivity index (χ2n) is 7.87. The molecule has 4 rings (SSSR count). The van der Waals surface area contributed by atoms with Gasteiger partial charge in [-0.2, -0.15) is 0 Å². The lowest BCUT2D eigenvalue weighted by atomic mass is 10.1. The fraction of sp³-hybridized carbons (Fsp3) is 0.364. The van der Waals surface area contributed by atoms with Crippen molar-refractivity contribution in [2.24, 2.45) is 5.73 Å². The average Bonchev–Trinajstić information content (AvgIpc) is 3.23. The number of rotatable bonds is 4. The van der Waals surface area contributed by atoms with Crippen LogP contribution in [0.15, 0.2) is 42.5 Å². The Labute approximate surface area is 191 Å². The maximum atomic E-state index is 12.7. The average molecular weight is 462 g/mol. The van der Waals surface area contributed by atoms with Gasteiger partial charge in [0.05, 0.1) is 11.4 Å². The van der Waals surface area contributed by atoms with E-state index in [9.17, 15) is 9.59 Å². The number of piperazine rings is 1. The van der Waals surface area contributed by atoms with E-state index in [4.69, 9.17) is 28.9 Å². The molecule has 0 saturated carbocycles. The van der Waals surface area contributed by atoms with Crippen LogP contribution in [0.2, 0.25) is 10.0 Å². The highest BCUT2D eigenvalue weighted by molar-refractivity contribution is 6.31. The summed E-state index contributed by atoms with van der Waals surface area (Å²) in [5, 5.41) is 3.84. The minimum atomic E-state index is -0.610. The van der Waals surface area contributed by atoms with Gasteiger partial charge in [0.1, 0.15) is 0 Å². The lowest BCUT2D eigenvalue weighted by Gasteiger charge is -2.38. The number of amides is 3. The van der Waals surface area contributed by atoms with Crippen molar-refractivity contribution < 1.29 is 9.59 Å². The highest BCUT2D eigenvalue weighted by Crippen LogP contribution is 2.32. The molecule has 2 saturated heterocycles. The van der Waals surface area contributed by atoms with Gasteiger partial charge < -0.3 is 20.9 Å². The van der Waals surface area contributed by atoms with E-state index in [1.54, 1.807) is 30.3 Å². The van der Waals surface area contributed by atoms with Gasteiger partial charge in [0, 0.05) is 60.9 Å². The van der Waals surface area contributed by atoms with Crippen LogP contribution >= 0.6 is 23.2 Å². The molecule has 3 amide bonds. The van der Waals surface area contributed by atoms with Gasteiger partial charge in [-0.3, -0.25) is 9.69 Å². The van der Waals surface area contributed by atoms with Gasteiger partial charge in [-0.15, -0.1) is 0 Å². The zero-order chi connectivity index (χ0) is 22.0. The summed E-state index contributed by atoms with van der Waals surface area (Å²) in [6.07, 6.45) is 1.02. The summed E-state index contributed by atoms with van der Waals surface area (Å²) in [6, 6.07) is 12.3. The summed E-state index contributed by atoms with van der Waals surface area (Å²) < 4.78 is 0. The summed E-state index contributed by atoms with van der Waals surface area (Å²) in [6.45, 7) is 4.81. The van der Waals surface area contributed by atoms with E-state index in [-0.39, 0.29) is 5.91 Å². The van der Waals surface area contributed by atoms with Crippen molar-refractivity contribution >= 4 is 46.5 Å². The van der Waals surface area contributed by atoms with Gasteiger partial charge in [0.25, 0.3) is 5.91 Å². The third kappa shape index (κ3) is 5.06. The number of nitrogens with two attached hydrogens (primary N) is 1. The molecule has 1 atom stereocenters. The predicted octanol–water partition coefficient (Wildman–Crippen LogP) is 3.52. The first kappa shape index (κ1) is 21.7. The third-order valence-electron chi connectivity index (χ3n) is 5.93. The molecule has 2 heterocycles. The van der Waals surface area contributed by atoms with Crippen molar-refractivity contribution in [3.8, 4) is 0 Å². The van der Waals surface area contributed by atoms with Crippen LogP contribution in [0.25, 0.3) is 0 Å². The number of carbonyl (C=O) groups is 2. The molecule has 2 aromatic carbocycles. The van der Waals surface area contributed by atoms with Crippen LogP contribution in [0, 0.1) is 0 Å². The van der Waals surface area contributed by atoms with Crippen LogP contribution in [0.4, 0.5) is 16.2 Å². The Kier molecular flexibility index (Phi) is 6.55. The van der Waals surface area contributed by atoms with Crippen molar-refractivity contribution in [2.75, 3.05) is 49.5 Å². The summed E-state index contributed by atoms with van der Waals surface area (Å²) in [5.41, 5.74) is 7.53. The number of primary amides is 1. The fourth-order valence-electron chi connectivity index (χ4n) is 4.34. The molecule has 3 N–H and O–H groups in total. The summed E-state index contributed by atoms with van der Waals surface area (Å²) in [4.78, 5) is 30.7. The molecule has 9 heteroatoms. The lowest BCUT2D eigenvalue weighted by molar-refractivity contribution is 0.0585. The van der Waals surface area contributed by atoms with E-state index in [1.807, 2.05) is 17.0 Å². The number of urea groups is 1. The number of halogens is 2. The number of benzene rings is 2.